The zero-order valence-electron chi connectivity index (χ0n) is 28.9. The summed E-state index contributed by atoms with van der Waals surface area (Å²) in [6, 6.07) is 47.2. The second kappa shape index (κ2) is 11.8. The Morgan fingerprint density at radius 1 is 0.706 bits per heavy atom. The molecule has 0 N–H and O–H groups in total. The van der Waals surface area contributed by atoms with Crippen LogP contribution in [-0.2, 0) is 5.41 Å². The molecule has 246 valence electrons. The van der Waals surface area contributed by atoms with Gasteiger partial charge >= 0.3 is 0 Å². The third-order valence-electron chi connectivity index (χ3n) is 11.3. The van der Waals surface area contributed by atoms with Crippen molar-refractivity contribution < 1.29 is 0 Å². The van der Waals surface area contributed by atoms with Crippen LogP contribution in [0.2, 0.25) is 0 Å². The van der Waals surface area contributed by atoms with Gasteiger partial charge in [0.2, 0.25) is 0 Å². The van der Waals surface area contributed by atoms with Crippen molar-refractivity contribution in [3.63, 3.8) is 0 Å². The van der Waals surface area contributed by atoms with Gasteiger partial charge < -0.3 is 4.90 Å². The number of allylic oxidation sites excluding steroid dienone is 5. The van der Waals surface area contributed by atoms with Crippen LogP contribution < -0.4 is 4.90 Å². The molecule has 0 spiro atoms. The van der Waals surface area contributed by atoms with E-state index in [1.165, 1.54) is 75.7 Å². The number of dihydropyridines is 1. The lowest BCUT2D eigenvalue weighted by Gasteiger charge is -2.31. The zero-order chi connectivity index (χ0) is 34.1. The van der Waals surface area contributed by atoms with Gasteiger partial charge in [-0.1, -0.05) is 129 Å². The number of aliphatic imine (C=N–C) groups is 1. The highest BCUT2D eigenvalue weighted by Gasteiger charge is 2.44. The van der Waals surface area contributed by atoms with Crippen LogP contribution >= 0.6 is 11.3 Å². The number of nitrogens with zero attached hydrogens (tertiary/aromatic N) is 2. The number of rotatable bonds is 5. The van der Waals surface area contributed by atoms with Gasteiger partial charge in [0.1, 0.15) is 0 Å². The molecule has 2 nitrogen and oxygen atoms in total. The molecule has 6 aromatic carbocycles. The lowest BCUT2D eigenvalue weighted by Crippen LogP contribution is -2.20. The van der Waals surface area contributed by atoms with E-state index in [4.69, 9.17) is 4.99 Å². The molecule has 1 atom stereocenters. The molecule has 0 bridgehead atoms. The lowest BCUT2D eigenvalue weighted by atomic mass is 9.77. The summed E-state index contributed by atoms with van der Waals surface area (Å²) in [4.78, 5) is 7.45. The van der Waals surface area contributed by atoms with Gasteiger partial charge in [-0.25, -0.2) is 0 Å². The first kappa shape index (κ1) is 30.3. The summed E-state index contributed by atoms with van der Waals surface area (Å²) >= 11 is 1.88. The summed E-state index contributed by atoms with van der Waals surface area (Å²) in [7, 11) is 0. The Kier molecular flexibility index (Phi) is 7.01. The molecule has 1 aliphatic heterocycles. The van der Waals surface area contributed by atoms with Gasteiger partial charge in [0.15, 0.2) is 0 Å². The van der Waals surface area contributed by atoms with Gasteiger partial charge in [-0.15, -0.1) is 11.3 Å². The third kappa shape index (κ3) is 4.79. The summed E-state index contributed by atoms with van der Waals surface area (Å²) in [5.41, 5.74) is 12.7. The Balaban J connectivity index is 1.24. The molecule has 0 saturated heterocycles. The number of fused-ring (bicyclic) bond motifs is 8. The summed E-state index contributed by atoms with van der Waals surface area (Å²) in [5, 5.41) is 5.24. The van der Waals surface area contributed by atoms with Crippen LogP contribution in [-0.4, -0.2) is 12.3 Å². The van der Waals surface area contributed by atoms with Crippen LogP contribution in [0.3, 0.4) is 0 Å². The standard InChI is InChI=1S/C48H38N2S/c1-48(2)39-29-33(41-21-10-11-27-49-41)25-26-37(39)46-36-19-7-6-18-35(36)43(30-40(46)48)50(34-17-12-16-32(28-34)31-14-4-3-5-15-31)42-22-13-24-45-47(42)38-20-8-9-23-44(38)51-45/h3-10,12-25,28-30,37H,11,26-27H2,1-2H3. The number of hydrogen-bond acceptors (Lipinski definition) is 3. The minimum Gasteiger partial charge on any atom is -0.309 e. The predicted molar refractivity (Wildman–Crippen MR) is 220 cm³/mol. The normalized spacial score (nSPS) is 17.6. The van der Waals surface area contributed by atoms with Gasteiger partial charge in [0, 0.05) is 49.1 Å². The van der Waals surface area contributed by atoms with E-state index in [-0.39, 0.29) is 5.41 Å². The van der Waals surface area contributed by atoms with Crippen LogP contribution in [0.5, 0.6) is 0 Å². The second-order valence-corrected chi connectivity index (χ2v) is 15.6. The van der Waals surface area contributed by atoms with Gasteiger partial charge in [-0.2, -0.15) is 0 Å². The molecular formula is C48H38N2S. The van der Waals surface area contributed by atoms with Crippen molar-refractivity contribution >= 4 is 65.1 Å². The molecule has 2 aliphatic carbocycles. The number of anilines is 3. The molecule has 3 aliphatic rings. The van der Waals surface area contributed by atoms with Crippen LogP contribution in [0, 0.1) is 0 Å². The first-order valence-electron chi connectivity index (χ1n) is 18.1. The minimum atomic E-state index is -0.143. The fraction of sp³-hybridized carbons (Fsp3) is 0.146. The molecule has 10 rings (SSSR count). The Bertz CT molecular complexity index is 2650. The van der Waals surface area contributed by atoms with Crippen molar-refractivity contribution in [1.29, 1.82) is 0 Å². The van der Waals surface area contributed by atoms with Gasteiger partial charge in [0.25, 0.3) is 0 Å². The third-order valence-corrected chi connectivity index (χ3v) is 12.4. The smallest absolute Gasteiger partial charge is 0.0640 e. The first-order valence-corrected chi connectivity index (χ1v) is 18.9. The molecule has 2 heterocycles. The lowest BCUT2D eigenvalue weighted by molar-refractivity contribution is 0.611. The summed E-state index contributed by atoms with van der Waals surface area (Å²) in [6.45, 7) is 5.75. The molecule has 1 unspecified atom stereocenters. The van der Waals surface area contributed by atoms with E-state index in [1.54, 1.807) is 0 Å². The van der Waals surface area contributed by atoms with E-state index in [0.29, 0.717) is 5.92 Å². The second-order valence-electron chi connectivity index (χ2n) is 14.5. The van der Waals surface area contributed by atoms with Gasteiger partial charge in [0.05, 0.1) is 17.1 Å². The van der Waals surface area contributed by atoms with Gasteiger partial charge in [-0.3, -0.25) is 4.99 Å². The number of hydrogen-bond donors (Lipinski definition) is 0. The maximum Gasteiger partial charge on any atom is 0.0640 e. The van der Waals surface area contributed by atoms with Crippen molar-refractivity contribution in [3.05, 3.63) is 174 Å². The van der Waals surface area contributed by atoms with E-state index in [2.05, 4.69) is 170 Å². The highest BCUT2D eigenvalue weighted by molar-refractivity contribution is 7.26. The van der Waals surface area contributed by atoms with Crippen LogP contribution in [0.15, 0.2) is 168 Å². The summed E-state index contributed by atoms with van der Waals surface area (Å²) in [6.07, 6.45) is 11.4. The Morgan fingerprint density at radius 2 is 1.45 bits per heavy atom. The highest BCUT2D eigenvalue weighted by Crippen LogP contribution is 2.58. The average molecular weight is 675 g/mol. The van der Waals surface area contributed by atoms with Crippen molar-refractivity contribution in [1.82, 2.24) is 0 Å². The molecule has 1 aromatic heterocycles. The topological polar surface area (TPSA) is 15.6 Å². The fourth-order valence-corrected chi connectivity index (χ4v) is 10.0. The van der Waals surface area contributed by atoms with E-state index in [0.717, 1.165) is 30.8 Å². The van der Waals surface area contributed by atoms with Crippen LogP contribution in [0.25, 0.3) is 42.1 Å². The summed E-state index contributed by atoms with van der Waals surface area (Å²) in [5.74, 6) is 0.352. The van der Waals surface area contributed by atoms with Crippen molar-refractivity contribution in [2.75, 3.05) is 11.4 Å². The molecule has 0 saturated carbocycles. The van der Waals surface area contributed by atoms with Crippen LogP contribution in [0.4, 0.5) is 17.1 Å². The Hall–Kier alpha value is -5.51. The van der Waals surface area contributed by atoms with E-state index in [9.17, 15) is 0 Å². The van der Waals surface area contributed by atoms with Crippen molar-refractivity contribution in [2.45, 2.75) is 38.0 Å². The number of thiophene rings is 1. The van der Waals surface area contributed by atoms with E-state index >= 15 is 0 Å². The molecular weight excluding hydrogens is 637 g/mol. The summed E-state index contributed by atoms with van der Waals surface area (Å²) < 4.78 is 2.62. The van der Waals surface area contributed by atoms with Crippen LogP contribution in [0.1, 0.15) is 43.7 Å². The molecule has 7 aromatic rings. The maximum atomic E-state index is 4.90. The van der Waals surface area contributed by atoms with Crippen molar-refractivity contribution in [3.8, 4) is 11.1 Å². The maximum absolute atomic E-state index is 4.90. The monoisotopic (exact) mass is 674 g/mol. The average Bonchev–Trinajstić information content (AvgIpc) is 3.68. The van der Waals surface area contributed by atoms with E-state index < -0.39 is 0 Å². The molecule has 0 fully saturated rings. The zero-order valence-corrected chi connectivity index (χ0v) is 29.8. The van der Waals surface area contributed by atoms with Crippen molar-refractivity contribution in [2.24, 2.45) is 4.99 Å². The molecule has 51 heavy (non-hydrogen) atoms. The molecule has 3 heteroatoms. The quantitative estimate of drug-likeness (QED) is 0.177. The first-order chi connectivity index (χ1) is 25.1. The Morgan fingerprint density at radius 3 is 2.29 bits per heavy atom. The Labute approximate surface area is 303 Å². The molecule has 0 amide bonds. The SMILES string of the molecule is CC1(C)C2=CC(C3=NCCC=C3)=CCC2c2c1cc(N(c1cccc(-c3ccccc3)c1)c1cccc3sc4ccccc4c13)c1ccccc21. The number of benzene rings is 6. The predicted octanol–water partition coefficient (Wildman–Crippen LogP) is 13.4. The molecule has 0 radical (unpaired) electrons. The largest absolute Gasteiger partial charge is 0.309 e. The fourth-order valence-electron chi connectivity index (χ4n) is 8.88. The van der Waals surface area contributed by atoms with Gasteiger partial charge in [-0.05, 0) is 88.5 Å². The highest BCUT2D eigenvalue weighted by atomic mass is 32.1. The van der Waals surface area contributed by atoms with E-state index in [1.807, 2.05) is 11.3 Å². The minimum absolute atomic E-state index is 0.143.